The Labute approximate surface area is 180 Å². The second-order valence-electron chi connectivity index (χ2n) is 8.46. The first kappa shape index (κ1) is 21.6. The van der Waals surface area contributed by atoms with Gasteiger partial charge in [-0.05, 0) is 43.7 Å². The molecule has 0 aliphatic carbocycles. The van der Waals surface area contributed by atoms with Gasteiger partial charge in [-0.2, -0.15) is 5.10 Å². The maximum atomic E-state index is 14.3. The van der Waals surface area contributed by atoms with Gasteiger partial charge < -0.3 is 15.5 Å². The van der Waals surface area contributed by atoms with Crippen LogP contribution < -0.4 is 15.5 Å². The van der Waals surface area contributed by atoms with Crippen molar-refractivity contribution in [3.8, 4) is 11.1 Å². The molecule has 31 heavy (non-hydrogen) atoms. The molecular weight excluding hydrogens is 402 g/mol. The van der Waals surface area contributed by atoms with Crippen LogP contribution in [-0.4, -0.2) is 78.5 Å². The number of piperazine rings is 1. The summed E-state index contributed by atoms with van der Waals surface area (Å²) in [5.41, 5.74) is 0.953. The highest BCUT2D eigenvalue weighted by Crippen LogP contribution is 2.23. The van der Waals surface area contributed by atoms with Crippen molar-refractivity contribution < 1.29 is 13.6 Å². The van der Waals surface area contributed by atoms with E-state index in [9.17, 15) is 13.6 Å². The van der Waals surface area contributed by atoms with Gasteiger partial charge in [0, 0.05) is 38.3 Å². The van der Waals surface area contributed by atoms with E-state index in [0.717, 1.165) is 16.9 Å². The molecule has 0 spiro atoms. The average molecular weight is 431 g/mol. The van der Waals surface area contributed by atoms with Crippen LogP contribution in [0.3, 0.4) is 0 Å². The normalized spacial score (nSPS) is 24.7. The van der Waals surface area contributed by atoms with Gasteiger partial charge in [-0.15, -0.1) is 5.10 Å². The van der Waals surface area contributed by atoms with Crippen LogP contribution in [0.25, 0.3) is 11.1 Å². The Morgan fingerprint density at radius 2 is 1.97 bits per heavy atom. The second-order valence-corrected chi connectivity index (χ2v) is 8.46. The van der Waals surface area contributed by atoms with Gasteiger partial charge in [0.15, 0.2) is 5.82 Å². The molecule has 1 aromatic heterocycles. The molecule has 2 aliphatic heterocycles. The highest BCUT2D eigenvalue weighted by atomic mass is 19.1. The van der Waals surface area contributed by atoms with Gasteiger partial charge in [0.1, 0.15) is 12.0 Å². The van der Waals surface area contributed by atoms with Crippen LogP contribution in [0.4, 0.5) is 14.6 Å². The van der Waals surface area contributed by atoms with Gasteiger partial charge >= 0.3 is 0 Å². The van der Waals surface area contributed by atoms with Crippen molar-refractivity contribution in [3.63, 3.8) is 0 Å². The third kappa shape index (κ3) is 5.16. The van der Waals surface area contributed by atoms with Gasteiger partial charge in [-0.3, -0.25) is 9.69 Å². The Bertz CT molecular complexity index is 903. The number of hydrogen-bond donors (Lipinski definition) is 2. The van der Waals surface area contributed by atoms with Crippen LogP contribution >= 0.6 is 0 Å². The Balaban J connectivity index is 1.31. The van der Waals surface area contributed by atoms with Crippen LogP contribution in [0.5, 0.6) is 0 Å². The minimum atomic E-state index is -1.09. The van der Waals surface area contributed by atoms with E-state index in [1.807, 2.05) is 6.07 Å². The zero-order valence-electron chi connectivity index (χ0n) is 17.7. The van der Waals surface area contributed by atoms with Crippen molar-refractivity contribution in [2.45, 2.75) is 25.1 Å². The minimum absolute atomic E-state index is 0.140. The van der Waals surface area contributed by atoms with Crippen molar-refractivity contribution in [1.29, 1.82) is 0 Å². The van der Waals surface area contributed by atoms with E-state index in [2.05, 4.69) is 30.6 Å². The summed E-state index contributed by atoms with van der Waals surface area (Å²) in [6, 6.07) is 8.24. The first-order chi connectivity index (χ1) is 14.9. The van der Waals surface area contributed by atoms with Crippen LogP contribution in [0.15, 0.2) is 36.5 Å². The molecule has 2 fully saturated rings. The van der Waals surface area contributed by atoms with Crippen LogP contribution in [-0.2, 0) is 4.79 Å². The van der Waals surface area contributed by atoms with E-state index in [1.165, 1.54) is 12.1 Å². The minimum Gasteiger partial charge on any atom is -0.353 e. The number of piperidine rings is 1. The van der Waals surface area contributed by atoms with E-state index in [1.54, 1.807) is 25.3 Å². The van der Waals surface area contributed by atoms with Crippen LogP contribution in [0, 0.1) is 5.82 Å². The van der Waals surface area contributed by atoms with E-state index in [0.29, 0.717) is 39.1 Å². The fourth-order valence-electron chi connectivity index (χ4n) is 4.11. The topological polar surface area (TPSA) is 73.4 Å². The SMILES string of the molecule is C[C@]1(NC(=O)CN2CCN(c3cc(-c4ccc(F)cc4)cnn3)CC2)CCNC[C@H]1F. The number of nitrogens with zero attached hydrogens (tertiary/aromatic N) is 4. The summed E-state index contributed by atoms with van der Waals surface area (Å²) in [6.07, 6.45) is 1.15. The predicted octanol–water partition coefficient (Wildman–Crippen LogP) is 1.61. The Morgan fingerprint density at radius 3 is 2.68 bits per heavy atom. The largest absolute Gasteiger partial charge is 0.353 e. The first-order valence-corrected chi connectivity index (χ1v) is 10.6. The molecule has 0 bridgehead atoms. The number of rotatable bonds is 5. The molecule has 2 N–H and O–H groups in total. The maximum Gasteiger partial charge on any atom is 0.234 e. The molecule has 166 valence electrons. The quantitative estimate of drug-likeness (QED) is 0.751. The van der Waals surface area contributed by atoms with Crippen molar-refractivity contribution >= 4 is 11.7 Å². The van der Waals surface area contributed by atoms with Gasteiger partial charge in [0.25, 0.3) is 0 Å². The number of aromatic nitrogens is 2. The highest BCUT2D eigenvalue weighted by Gasteiger charge is 2.38. The Morgan fingerprint density at radius 1 is 1.23 bits per heavy atom. The lowest BCUT2D eigenvalue weighted by molar-refractivity contribution is -0.125. The summed E-state index contributed by atoms with van der Waals surface area (Å²) in [6.45, 7) is 5.83. The monoisotopic (exact) mass is 430 g/mol. The third-order valence-electron chi connectivity index (χ3n) is 6.14. The summed E-state index contributed by atoms with van der Waals surface area (Å²) >= 11 is 0. The number of nitrogens with one attached hydrogen (secondary N) is 2. The van der Waals surface area contributed by atoms with Crippen LogP contribution in [0.2, 0.25) is 0 Å². The highest BCUT2D eigenvalue weighted by molar-refractivity contribution is 5.79. The van der Waals surface area contributed by atoms with Crippen LogP contribution in [0.1, 0.15) is 13.3 Å². The van der Waals surface area contributed by atoms with E-state index >= 15 is 0 Å². The van der Waals surface area contributed by atoms with Gasteiger partial charge in [0.05, 0.1) is 18.3 Å². The van der Waals surface area contributed by atoms with E-state index in [4.69, 9.17) is 0 Å². The van der Waals surface area contributed by atoms with E-state index in [-0.39, 0.29) is 24.8 Å². The smallest absolute Gasteiger partial charge is 0.234 e. The zero-order valence-corrected chi connectivity index (χ0v) is 17.7. The summed E-state index contributed by atoms with van der Waals surface area (Å²) in [7, 11) is 0. The number of anilines is 1. The first-order valence-electron chi connectivity index (χ1n) is 10.6. The number of amides is 1. The molecule has 3 heterocycles. The number of benzene rings is 1. The molecule has 0 radical (unpaired) electrons. The molecule has 2 atom stereocenters. The Hall–Kier alpha value is -2.65. The molecule has 2 aliphatic rings. The fraction of sp³-hybridized carbons (Fsp3) is 0.500. The standard InChI is InChI=1S/C22H28F2N6O/c1-22(6-7-25-14-19(22)24)27-21(31)15-29-8-10-30(11-9-29)20-12-17(13-26-28-20)16-2-4-18(23)5-3-16/h2-5,12-13,19,25H,6-11,14-15H2,1H3,(H,27,31)/t19-,22+/m1/s1. The molecule has 1 amide bonds. The summed E-state index contributed by atoms with van der Waals surface area (Å²) in [4.78, 5) is 16.7. The number of alkyl halides is 1. The molecule has 1 aromatic carbocycles. The van der Waals surface area contributed by atoms with Gasteiger partial charge in [-0.25, -0.2) is 8.78 Å². The molecule has 9 heteroatoms. The fourth-order valence-corrected chi connectivity index (χ4v) is 4.11. The van der Waals surface area contributed by atoms with Crippen molar-refractivity contribution in [3.05, 3.63) is 42.3 Å². The molecular formula is C22H28F2N6O. The number of halogens is 2. The molecule has 0 saturated carbocycles. The maximum absolute atomic E-state index is 14.3. The molecule has 7 nitrogen and oxygen atoms in total. The average Bonchev–Trinajstić information content (AvgIpc) is 2.77. The van der Waals surface area contributed by atoms with E-state index < -0.39 is 11.7 Å². The van der Waals surface area contributed by atoms with Crippen molar-refractivity contribution in [2.75, 3.05) is 50.7 Å². The summed E-state index contributed by atoms with van der Waals surface area (Å²) < 4.78 is 27.4. The third-order valence-corrected chi connectivity index (χ3v) is 6.14. The summed E-state index contributed by atoms with van der Waals surface area (Å²) in [5.74, 6) is 0.342. The second kappa shape index (κ2) is 9.23. The van der Waals surface area contributed by atoms with Gasteiger partial charge in [0.2, 0.25) is 5.91 Å². The Kier molecular flexibility index (Phi) is 6.43. The lowest BCUT2D eigenvalue weighted by Crippen LogP contribution is -2.61. The number of hydrogen-bond acceptors (Lipinski definition) is 6. The number of carbonyl (C=O) groups excluding carboxylic acids is 1. The molecule has 2 saturated heterocycles. The van der Waals surface area contributed by atoms with Crippen molar-refractivity contribution in [1.82, 2.24) is 25.7 Å². The molecule has 0 unspecified atom stereocenters. The van der Waals surface area contributed by atoms with Gasteiger partial charge in [-0.1, -0.05) is 12.1 Å². The zero-order chi connectivity index (χ0) is 21.8. The summed E-state index contributed by atoms with van der Waals surface area (Å²) in [5, 5.41) is 14.3. The number of carbonyl (C=O) groups is 1. The lowest BCUT2D eigenvalue weighted by Gasteiger charge is -2.39. The molecule has 4 rings (SSSR count). The predicted molar refractivity (Wildman–Crippen MR) is 115 cm³/mol. The molecule has 2 aromatic rings. The van der Waals surface area contributed by atoms with Crippen molar-refractivity contribution in [2.24, 2.45) is 0 Å². The lowest BCUT2D eigenvalue weighted by atomic mass is 9.88.